The molecule has 0 saturated heterocycles. The Labute approximate surface area is 185 Å². The number of nitrogens with zero attached hydrogens (tertiary/aromatic N) is 1. The van der Waals surface area contributed by atoms with Crippen molar-refractivity contribution in [3.63, 3.8) is 0 Å². The molecular formula is C23H25ClN2OS2. The third-order valence-corrected chi connectivity index (χ3v) is 6.37. The van der Waals surface area contributed by atoms with Gasteiger partial charge in [-0.15, -0.1) is 23.1 Å². The highest BCUT2D eigenvalue weighted by Crippen LogP contribution is 2.43. The first-order valence-electron chi connectivity index (χ1n) is 9.76. The zero-order chi connectivity index (χ0) is 20.8. The molecule has 6 heteroatoms. The Kier molecular flexibility index (Phi) is 7.76. The number of anilines is 1. The van der Waals surface area contributed by atoms with Crippen LogP contribution in [0.25, 0.3) is 11.3 Å². The maximum atomic E-state index is 12.4. The minimum atomic E-state index is -0.147. The predicted octanol–water partition coefficient (Wildman–Crippen LogP) is 7.73. The quantitative estimate of drug-likeness (QED) is 0.409. The predicted molar refractivity (Wildman–Crippen MR) is 127 cm³/mol. The van der Waals surface area contributed by atoms with Crippen molar-refractivity contribution in [3.8, 4) is 11.3 Å². The Morgan fingerprint density at radius 1 is 1.21 bits per heavy atom. The van der Waals surface area contributed by atoms with Gasteiger partial charge in [0.05, 0.1) is 15.7 Å². The van der Waals surface area contributed by atoms with E-state index in [1.54, 1.807) is 29.2 Å². The van der Waals surface area contributed by atoms with E-state index in [1.807, 2.05) is 42.7 Å². The molecule has 1 saturated carbocycles. The molecule has 1 aliphatic rings. The molecule has 3 aromatic rings. The number of amides is 1. The fourth-order valence-corrected chi connectivity index (χ4v) is 4.35. The van der Waals surface area contributed by atoms with Crippen molar-refractivity contribution in [2.75, 3.05) is 11.6 Å². The molecule has 4 rings (SSSR count). The standard InChI is InChI=1S/C20H17ClN2OS2.C3H8/c1-25-15-7-4-12(5-8-15)19(24)22-14-6-9-16(17(21)10-14)18-11-26-20(23-18)13-2-3-13;1-3-2/h4-11,13H,2-3H2,1H3,(H,22,24);3H2,1-2H3. The number of carbonyl (C=O) groups excluding carboxylic acids is 1. The highest BCUT2D eigenvalue weighted by molar-refractivity contribution is 7.98. The van der Waals surface area contributed by atoms with Crippen LogP contribution in [-0.4, -0.2) is 17.1 Å². The maximum absolute atomic E-state index is 12.4. The summed E-state index contributed by atoms with van der Waals surface area (Å²) in [4.78, 5) is 18.2. The Hall–Kier alpha value is -1.82. The van der Waals surface area contributed by atoms with Crippen molar-refractivity contribution in [2.45, 2.75) is 43.9 Å². The van der Waals surface area contributed by atoms with Crippen molar-refractivity contribution < 1.29 is 4.79 Å². The molecule has 0 bridgehead atoms. The van der Waals surface area contributed by atoms with Crippen LogP contribution < -0.4 is 5.32 Å². The first-order valence-corrected chi connectivity index (χ1v) is 12.2. The molecule has 0 radical (unpaired) electrons. The molecule has 0 unspecified atom stereocenters. The van der Waals surface area contributed by atoms with Gasteiger partial charge in [-0.3, -0.25) is 4.79 Å². The summed E-state index contributed by atoms with van der Waals surface area (Å²) in [7, 11) is 0. The number of hydrogen-bond acceptors (Lipinski definition) is 4. The highest BCUT2D eigenvalue weighted by Gasteiger charge is 2.27. The Morgan fingerprint density at radius 2 is 1.90 bits per heavy atom. The molecule has 0 aliphatic heterocycles. The number of rotatable bonds is 5. The molecule has 2 aromatic carbocycles. The smallest absolute Gasteiger partial charge is 0.255 e. The molecule has 29 heavy (non-hydrogen) atoms. The van der Waals surface area contributed by atoms with Gasteiger partial charge in [0.1, 0.15) is 0 Å². The van der Waals surface area contributed by atoms with Gasteiger partial charge in [-0.2, -0.15) is 0 Å². The first kappa shape index (κ1) is 21.9. The average Bonchev–Trinajstić information content (AvgIpc) is 3.46. The van der Waals surface area contributed by atoms with Gasteiger partial charge in [-0.05, 0) is 61.6 Å². The lowest BCUT2D eigenvalue weighted by Gasteiger charge is -2.08. The van der Waals surface area contributed by atoms with Crippen LogP contribution in [0, 0.1) is 0 Å². The lowest BCUT2D eigenvalue weighted by atomic mass is 10.1. The lowest BCUT2D eigenvalue weighted by Crippen LogP contribution is -2.11. The SMILES string of the molecule is CCC.CSc1ccc(C(=O)Nc2ccc(-c3csc(C4CC4)n3)c(Cl)c2)cc1. The Balaban J connectivity index is 0.000000755. The Bertz CT molecular complexity index is 965. The van der Waals surface area contributed by atoms with Crippen molar-refractivity contribution in [3.05, 3.63) is 63.4 Å². The van der Waals surface area contributed by atoms with E-state index in [0.29, 0.717) is 22.2 Å². The van der Waals surface area contributed by atoms with Crippen molar-refractivity contribution in [1.29, 1.82) is 0 Å². The normalized spacial score (nSPS) is 12.8. The monoisotopic (exact) mass is 444 g/mol. The van der Waals surface area contributed by atoms with E-state index in [-0.39, 0.29) is 5.91 Å². The van der Waals surface area contributed by atoms with Gasteiger partial charge < -0.3 is 5.32 Å². The molecule has 1 amide bonds. The maximum Gasteiger partial charge on any atom is 0.255 e. The van der Waals surface area contributed by atoms with Crippen LogP contribution in [0.4, 0.5) is 5.69 Å². The number of hydrogen-bond donors (Lipinski definition) is 1. The molecule has 1 aliphatic carbocycles. The van der Waals surface area contributed by atoms with Gasteiger partial charge in [-0.25, -0.2) is 4.98 Å². The van der Waals surface area contributed by atoms with Crippen LogP contribution in [0.1, 0.15) is 54.4 Å². The number of benzene rings is 2. The molecule has 152 valence electrons. The van der Waals surface area contributed by atoms with E-state index in [0.717, 1.165) is 16.2 Å². The van der Waals surface area contributed by atoms with Gasteiger partial charge in [-0.1, -0.05) is 31.9 Å². The molecule has 1 N–H and O–H groups in total. The number of nitrogens with one attached hydrogen (secondary N) is 1. The Morgan fingerprint density at radius 3 is 2.48 bits per heavy atom. The van der Waals surface area contributed by atoms with Crippen molar-refractivity contribution in [1.82, 2.24) is 4.98 Å². The fraction of sp³-hybridized carbons (Fsp3) is 0.304. The van der Waals surface area contributed by atoms with Crippen molar-refractivity contribution >= 4 is 46.3 Å². The number of aromatic nitrogens is 1. The topological polar surface area (TPSA) is 42.0 Å². The van der Waals surface area contributed by atoms with E-state index in [2.05, 4.69) is 24.5 Å². The van der Waals surface area contributed by atoms with Crippen LogP contribution in [0.15, 0.2) is 52.7 Å². The summed E-state index contributed by atoms with van der Waals surface area (Å²) in [6.07, 6.45) is 5.74. The van der Waals surface area contributed by atoms with Crippen molar-refractivity contribution in [2.24, 2.45) is 0 Å². The first-order chi connectivity index (χ1) is 14.0. The third kappa shape index (κ3) is 5.84. The second-order valence-electron chi connectivity index (χ2n) is 6.93. The van der Waals surface area contributed by atoms with Crippen LogP contribution in [0.2, 0.25) is 5.02 Å². The van der Waals surface area contributed by atoms with Gasteiger partial charge in [0.2, 0.25) is 0 Å². The minimum Gasteiger partial charge on any atom is -0.322 e. The minimum absolute atomic E-state index is 0.147. The zero-order valence-electron chi connectivity index (χ0n) is 16.9. The van der Waals surface area contributed by atoms with E-state index < -0.39 is 0 Å². The third-order valence-electron chi connectivity index (χ3n) is 4.30. The summed E-state index contributed by atoms with van der Waals surface area (Å²) in [6.45, 7) is 4.25. The summed E-state index contributed by atoms with van der Waals surface area (Å²) in [5.74, 6) is 0.495. The molecule has 0 atom stereocenters. The summed E-state index contributed by atoms with van der Waals surface area (Å²) in [5.41, 5.74) is 3.11. The van der Waals surface area contributed by atoms with Crippen LogP contribution in [0.3, 0.4) is 0 Å². The molecular weight excluding hydrogens is 420 g/mol. The second kappa shape index (κ2) is 10.3. The second-order valence-corrected chi connectivity index (χ2v) is 9.11. The average molecular weight is 445 g/mol. The summed E-state index contributed by atoms with van der Waals surface area (Å²) in [5, 5.41) is 6.74. The van der Waals surface area contributed by atoms with Crippen LogP contribution >= 0.6 is 34.7 Å². The van der Waals surface area contributed by atoms with E-state index >= 15 is 0 Å². The van der Waals surface area contributed by atoms with Gasteiger partial charge in [0.25, 0.3) is 5.91 Å². The molecule has 1 fully saturated rings. The number of carbonyl (C=O) groups is 1. The lowest BCUT2D eigenvalue weighted by molar-refractivity contribution is 0.102. The molecule has 1 aromatic heterocycles. The number of thiazole rings is 1. The highest BCUT2D eigenvalue weighted by atomic mass is 35.5. The van der Waals surface area contributed by atoms with Gasteiger partial charge >= 0.3 is 0 Å². The largest absolute Gasteiger partial charge is 0.322 e. The van der Waals surface area contributed by atoms with Crippen LogP contribution in [-0.2, 0) is 0 Å². The molecule has 3 nitrogen and oxygen atoms in total. The molecule has 1 heterocycles. The summed E-state index contributed by atoms with van der Waals surface area (Å²) >= 11 is 9.79. The van der Waals surface area contributed by atoms with E-state index in [9.17, 15) is 4.79 Å². The number of thioether (sulfide) groups is 1. The molecule has 0 spiro atoms. The van der Waals surface area contributed by atoms with E-state index in [1.165, 1.54) is 24.3 Å². The fourth-order valence-electron chi connectivity index (χ4n) is 2.68. The zero-order valence-corrected chi connectivity index (χ0v) is 19.3. The van der Waals surface area contributed by atoms with E-state index in [4.69, 9.17) is 16.6 Å². The van der Waals surface area contributed by atoms with Gasteiger partial charge in [0.15, 0.2) is 0 Å². The van der Waals surface area contributed by atoms with Gasteiger partial charge in [0, 0.05) is 33.0 Å². The summed E-state index contributed by atoms with van der Waals surface area (Å²) in [6, 6.07) is 13.1. The summed E-state index contributed by atoms with van der Waals surface area (Å²) < 4.78 is 0. The van der Waals surface area contributed by atoms with Crippen LogP contribution in [0.5, 0.6) is 0 Å². The number of halogens is 1.